The first-order chi connectivity index (χ1) is 6.35. The third-order valence-corrected chi connectivity index (χ3v) is 2.25. The number of amides is 1. The summed E-state index contributed by atoms with van der Waals surface area (Å²) in [6.45, 7) is 1.22. The van der Waals surface area contributed by atoms with Crippen molar-refractivity contribution in [3.05, 3.63) is 34.6 Å². The summed E-state index contributed by atoms with van der Waals surface area (Å²) in [7, 11) is 0. The summed E-state index contributed by atoms with van der Waals surface area (Å²) in [5, 5.41) is 9.46. The zero-order valence-electron chi connectivity index (χ0n) is 7.42. The molecule has 0 bridgehead atoms. The highest BCUT2D eigenvalue weighted by Crippen LogP contribution is 2.24. The van der Waals surface area contributed by atoms with E-state index in [1.165, 1.54) is 19.1 Å². The summed E-state index contributed by atoms with van der Waals surface area (Å²) >= 11 is 5.49. The molecule has 76 valence electrons. The molecule has 1 rings (SSSR count). The van der Waals surface area contributed by atoms with Gasteiger partial charge in [0.1, 0.15) is 5.82 Å². The third kappa shape index (κ3) is 1.86. The van der Waals surface area contributed by atoms with Crippen molar-refractivity contribution in [2.45, 2.75) is 12.5 Å². The van der Waals surface area contributed by atoms with E-state index in [4.69, 9.17) is 17.3 Å². The Morgan fingerprint density at radius 2 is 2.21 bits per heavy atom. The minimum atomic E-state index is -1.84. The molecule has 1 atom stereocenters. The first-order valence-electron chi connectivity index (χ1n) is 3.83. The van der Waals surface area contributed by atoms with Crippen LogP contribution in [-0.4, -0.2) is 11.0 Å². The van der Waals surface area contributed by atoms with Gasteiger partial charge >= 0.3 is 0 Å². The van der Waals surface area contributed by atoms with Crippen LogP contribution in [0.3, 0.4) is 0 Å². The van der Waals surface area contributed by atoms with Crippen molar-refractivity contribution in [1.29, 1.82) is 0 Å². The zero-order chi connectivity index (χ0) is 10.9. The van der Waals surface area contributed by atoms with Crippen molar-refractivity contribution in [3.63, 3.8) is 0 Å². The second kappa shape index (κ2) is 3.55. The van der Waals surface area contributed by atoms with E-state index in [-0.39, 0.29) is 10.6 Å². The molecule has 1 aromatic rings. The van der Waals surface area contributed by atoms with Gasteiger partial charge in [0.15, 0.2) is 5.60 Å². The van der Waals surface area contributed by atoms with Gasteiger partial charge in [0.05, 0.1) is 5.02 Å². The lowest BCUT2D eigenvalue weighted by Gasteiger charge is -2.19. The number of carbonyl (C=O) groups excluding carboxylic acids is 1. The van der Waals surface area contributed by atoms with Crippen molar-refractivity contribution < 1.29 is 14.3 Å². The quantitative estimate of drug-likeness (QED) is 0.781. The fourth-order valence-electron chi connectivity index (χ4n) is 0.941. The molecule has 0 fully saturated rings. The second-order valence-corrected chi connectivity index (χ2v) is 3.47. The van der Waals surface area contributed by atoms with Gasteiger partial charge in [-0.1, -0.05) is 17.7 Å². The van der Waals surface area contributed by atoms with Gasteiger partial charge in [-0.25, -0.2) is 4.39 Å². The molecular weight excluding hydrogens is 209 g/mol. The number of hydrogen-bond donors (Lipinski definition) is 2. The third-order valence-electron chi connectivity index (χ3n) is 1.96. The average Bonchev–Trinajstić information content (AvgIpc) is 2.09. The van der Waals surface area contributed by atoms with Crippen LogP contribution in [0.25, 0.3) is 0 Å². The molecule has 5 heteroatoms. The predicted octanol–water partition coefficient (Wildman–Crippen LogP) is 1.17. The van der Waals surface area contributed by atoms with Crippen molar-refractivity contribution in [1.82, 2.24) is 0 Å². The van der Waals surface area contributed by atoms with Gasteiger partial charge in [0.25, 0.3) is 5.91 Å². The Kier molecular flexibility index (Phi) is 2.78. The SMILES string of the molecule is CC(O)(C(N)=O)c1ccc(F)c(Cl)c1. The summed E-state index contributed by atoms with van der Waals surface area (Å²) in [6, 6.07) is 3.49. The van der Waals surface area contributed by atoms with Crippen molar-refractivity contribution >= 4 is 17.5 Å². The standard InChI is InChI=1S/C9H9ClFNO2/c1-9(14,8(12)13)5-2-3-7(11)6(10)4-5/h2-4,14H,1H3,(H2,12,13). The Morgan fingerprint density at radius 3 is 2.64 bits per heavy atom. The van der Waals surface area contributed by atoms with Crippen LogP contribution in [0.15, 0.2) is 18.2 Å². The molecule has 0 aliphatic heterocycles. The maximum atomic E-state index is 12.8. The number of hydrogen-bond acceptors (Lipinski definition) is 2. The van der Waals surface area contributed by atoms with Gasteiger partial charge in [-0.3, -0.25) is 4.79 Å². The van der Waals surface area contributed by atoms with Gasteiger partial charge in [-0.2, -0.15) is 0 Å². The molecule has 1 amide bonds. The van der Waals surface area contributed by atoms with Crippen molar-refractivity contribution in [2.75, 3.05) is 0 Å². The molecule has 0 heterocycles. The average molecular weight is 218 g/mol. The number of benzene rings is 1. The molecule has 0 aliphatic rings. The van der Waals surface area contributed by atoms with Crippen LogP contribution in [-0.2, 0) is 10.4 Å². The molecule has 1 aromatic carbocycles. The van der Waals surface area contributed by atoms with E-state index < -0.39 is 17.3 Å². The van der Waals surface area contributed by atoms with E-state index in [0.717, 1.165) is 6.07 Å². The minimum Gasteiger partial charge on any atom is -0.376 e. The Hall–Kier alpha value is -1.13. The van der Waals surface area contributed by atoms with E-state index in [0.29, 0.717) is 0 Å². The topological polar surface area (TPSA) is 63.3 Å². The maximum Gasteiger partial charge on any atom is 0.253 e. The molecule has 0 aliphatic carbocycles. The number of halogens is 2. The van der Waals surface area contributed by atoms with E-state index >= 15 is 0 Å². The fourth-order valence-corrected chi connectivity index (χ4v) is 1.12. The summed E-state index contributed by atoms with van der Waals surface area (Å²) in [6.07, 6.45) is 0. The van der Waals surface area contributed by atoms with Crippen LogP contribution in [0.4, 0.5) is 4.39 Å². The number of aliphatic hydroxyl groups is 1. The summed E-state index contributed by atoms with van der Waals surface area (Å²) < 4.78 is 12.8. The highest BCUT2D eigenvalue weighted by atomic mass is 35.5. The van der Waals surface area contributed by atoms with Crippen LogP contribution >= 0.6 is 11.6 Å². The van der Waals surface area contributed by atoms with Crippen LogP contribution in [0.5, 0.6) is 0 Å². The number of nitrogens with two attached hydrogens (primary N) is 1. The summed E-state index contributed by atoms with van der Waals surface area (Å²) in [5.74, 6) is -1.53. The van der Waals surface area contributed by atoms with Crippen LogP contribution in [0.2, 0.25) is 5.02 Å². The number of rotatable bonds is 2. The Morgan fingerprint density at radius 1 is 1.64 bits per heavy atom. The number of primary amides is 1. The predicted molar refractivity (Wildman–Crippen MR) is 50.2 cm³/mol. The van der Waals surface area contributed by atoms with E-state index in [2.05, 4.69) is 0 Å². The first-order valence-corrected chi connectivity index (χ1v) is 4.21. The molecule has 3 N–H and O–H groups in total. The molecule has 1 unspecified atom stereocenters. The molecule has 14 heavy (non-hydrogen) atoms. The van der Waals surface area contributed by atoms with Gasteiger partial charge in [0, 0.05) is 0 Å². The van der Waals surface area contributed by atoms with Gasteiger partial charge < -0.3 is 10.8 Å². The highest BCUT2D eigenvalue weighted by molar-refractivity contribution is 6.30. The van der Waals surface area contributed by atoms with Crippen LogP contribution < -0.4 is 5.73 Å². The molecule has 3 nitrogen and oxygen atoms in total. The maximum absolute atomic E-state index is 12.8. The molecule has 0 saturated heterocycles. The lowest BCUT2D eigenvalue weighted by molar-refractivity contribution is -0.135. The molecular formula is C9H9ClFNO2. The van der Waals surface area contributed by atoms with E-state index in [9.17, 15) is 14.3 Å². The Bertz CT molecular complexity index is 379. The largest absolute Gasteiger partial charge is 0.376 e. The van der Waals surface area contributed by atoms with Gasteiger partial charge in [-0.05, 0) is 24.6 Å². The Balaban J connectivity index is 3.21. The smallest absolute Gasteiger partial charge is 0.253 e. The molecule has 0 aromatic heterocycles. The lowest BCUT2D eigenvalue weighted by Crippen LogP contribution is -2.38. The van der Waals surface area contributed by atoms with E-state index in [1.807, 2.05) is 0 Å². The van der Waals surface area contributed by atoms with Crippen molar-refractivity contribution in [3.8, 4) is 0 Å². The van der Waals surface area contributed by atoms with Gasteiger partial charge in [0.2, 0.25) is 0 Å². The molecule has 0 saturated carbocycles. The van der Waals surface area contributed by atoms with Crippen molar-refractivity contribution in [2.24, 2.45) is 5.73 Å². The summed E-state index contributed by atoms with van der Waals surface area (Å²) in [5.41, 5.74) is 3.29. The van der Waals surface area contributed by atoms with E-state index in [1.54, 1.807) is 0 Å². The Labute approximate surface area is 85.3 Å². The first kappa shape index (κ1) is 10.9. The summed E-state index contributed by atoms with van der Waals surface area (Å²) in [4.78, 5) is 10.9. The normalized spacial score (nSPS) is 14.9. The zero-order valence-corrected chi connectivity index (χ0v) is 8.18. The molecule has 0 radical (unpaired) electrons. The lowest BCUT2D eigenvalue weighted by atomic mass is 9.95. The minimum absolute atomic E-state index is 0.163. The van der Waals surface area contributed by atoms with Crippen LogP contribution in [0, 0.1) is 5.82 Å². The monoisotopic (exact) mass is 217 g/mol. The van der Waals surface area contributed by atoms with Crippen LogP contribution in [0.1, 0.15) is 12.5 Å². The fraction of sp³-hybridized carbons (Fsp3) is 0.222. The van der Waals surface area contributed by atoms with Gasteiger partial charge in [-0.15, -0.1) is 0 Å². The highest BCUT2D eigenvalue weighted by Gasteiger charge is 2.30. The number of carbonyl (C=O) groups is 1. The molecule has 0 spiro atoms. The second-order valence-electron chi connectivity index (χ2n) is 3.07.